The first-order valence-corrected chi connectivity index (χ1v) is 27.7. The average Bonchev–Trinajstić information content (AvgIpc) is 3.94. The van der Waals surface area contributed by atoms with E-state index in [0.29, 0.717) is 16.7 Å². The Bertz CT molecular complexity index is 2410. The standard InChI is InChI=1S/C13H10Br2O.C13H8Br2O.C7H5BrO.C6H4Br2.C6H4Br.C4H8O.C4H9.2Li.Mn.2O/c2*14-11-5-1-3-9(7-11)13(16)10-4-2-6-12(15)8-10;8-7-3-1-2-6(4-7)5-9;7-5-2-1-3-6(8)4-5;7-6-4-2-1-3-5-6;1-2-4-5-3-1;1-3-4-2;;;;;/h1-8,13,16H;1-8H;1-5H;1-4H;1-2,4-5H;1-4H2;1,3-4H2,2H3;;;;;/q;;;;-1;;-1;2*+1;;;. The molecule has 0 bridgehead atoms. The summed E-state index contributed by atoms with van der Waals surface area (Å²) in [5.41, 5.74) is 3.84. The second-order valence-corrected chi connectivity index (χ2v) is 21.0. The molecule has 0 amide bonds. The van der Waals surface area contributed by atoms with Crippen molar-refractivity contribution in [1.29, 1.82) is 0 Å². The zero-order valence-electron chi connectivity index (χ0n) is 38.7. The Balaban J connectivity index is 0. The van der Waals surface area contributed by atoms with Crippen molar-refractivity contribution in [3.05, 3.63) is 246 Å². The molecule has 1 saturated heterocycles. The number of carbonyl (C=O) groups is 2. The van der Waals surface area contributed by atoms with Crippen molar-refractivity contribution in [3.63, 3.8) is 0 Å². The number of ether oxygens (including phenoxy) is 1. The third-order valence-electron chi connectivity index (χ3n) is 8.12. The Morgan fingerprint density at radius 2 is 0.957 bits per heavy atom. The molecule has 1 aliphatic rings. The summed E-state index contributed by atoms with van der Waals surface area (Å²) in [7, 11) is 0. The second kappa shape index (κ2) is 45.4. The fourth-order valence-corrected chi connectivity index (χ4v) is 8.33. The number of aldehydes is 1. The minimum absolute atomic E-state index is 0. The predicted octanol–water partition coefficient (Wildman–Crippen LogP) is 12.6. The number of carbonyl (C=O) groups excluding carboxylic acids is 2. The number of ketones is 1. The van der Waals surface area contributed by atoms with Gasteiger partial charge in [0.15, 0.2) is 5.78 Å². The first-order valence-electron chi connectivity index (χ1n) is 20.4. The topological polar surface area (TPSA) is 97.7 Å². The Labute approximate surface area is 511 Å². The molecular weight excluding hydrogens is 1440 g/mol. The van der Waals surface area contributed by atoms with E-state index in [9.17, 15) is 14.7 Å². The fourth-order valence-electron chi connectivity index (χ4n) is 4.89. The molecule has 1 N–H and O–H groups in total. The number of aliphatic hydroxyl groups is 1. The molecule has 0 saturated carbocycles. The molecule has 6 nitrogen and oxygen atoms in total. The van der Waals surface area contributed by atoms with Crippen molar-refractivity contribution >= 4 is 140 Å². The van der Waals surface area contributed by atoms with Crippen molar-refractivity contribution in [2.75, 3.05) is 13.2 Å². The molecule has 7 aromatic carbocycles. The van der Waals surface area contributed by atoms with Gasteiger partial charge in [0, 0.05) is 61.2 Å². The maximum atomic E-state index is 12.1. The summed E-state index contributed by atoms with van der Waals surface area (Å²) >= 11 is 25.3. The van der Waals surface area contributed by atoms with Crippen LogP contribution in [-0.2, 0) is 27.2 Å². The van der Waals surface area contributed by atoms with E-state index < -0.39 is 20.9 Å². The van der Waals surface area contributed by atoms with Gasteiger partial charge in [-0.2, -0.15) is 36.8 Å². The van der Waals surface area contributed by atoms with Gasteiger partial charge in [0.25, 0.3) is 0 Å². The molecule has 0 spiro atoms. The van der Waals surface area contributed by atoms with Crippen LogP contribution in [0.25, 0.3) is 0 Å². The van der Waals surface area contributed by atoms with Crippen molar-refractivity contribution in [3.8, 4) is 0 Å². The van der Waals surface area contributed by atoms with Crippen LogP contribution in [0.15, 0.2) is 206 Å². The maximum absolute atomic E-state index is 12.1. The van der Waals surface area contributed by atoms with Gasteiger partial charge in [0.05, 0.1) is 0 Å². The Kier molecular flexibility index (Phi) is 46.0. The van der Waals surface area contributed by atoms with Crippen LogP contribution in [0.1, 0.15) is 76.1 Å². The molecule has 0 atom stereocenters. The number of hydrogen-bond acceptors (Lipinski definition) is 6. The zero-order chi connectivity index (χ0) is 50.5. The van der Waals surface area contributed by atoms with Crippen LogP contribution in [0.2, 0.25) is 0 Å². The Morgan fingerprint density at radius 1 is 0.600 bits per heavy atom. The predicted molar refractivity (Wildman–Crippen MR) is 300 cm³/mol. The molecule has 0 unspecified atom stereocenters. The van der Waals surface area contributed by atoms with Crippen molar-refractivity contribution in [2.45, 2.75) is 38.7 Å². The molecule has 7 aromatic rings. The Morgan fingerprint density at radius 3 is 1.21 bits per heavy atom. The molecule has 1 aliphatic heterocycles. The van der Waals surface area contributed by atoms with Gasteiger partial charge < -0.3 is 16.8 Å². The van der Waals surface area contributed by atoms with Crippen molar-refractivity contribution < 1.29 is 79.6 Å². The molecule has 0 radical (unpaired) electrons. The van der Waals surface area contributed by atoms with E-state index in [1.807, 2.05) is 158 Å². The van der Waals surface area contributed by atoms with Crippen LogP contribution >= 0.6 is 127 Å². The molecule has 17 heteroatoms. The molecule has 1 fully saturated rings. The molecule has 8 rings (SSSR count). The summed E-state index contributed by atoms with van der Waals surface area (Å²) in [4.78, 5) is 22.2. The summed E-state index contributed by atoms with van der Waals surface area (Å²) in [5.74, 6) is 0.0302. The van der Waals surface area contributed by atoms with E-state index in [2.05, 4.69) is 147 Å². The van der Waals surface area contributed by atoms with Gasteiger partial charge in [-0.05, 0) is 103 Å². The monoisotopic (exact) mass is 1480 g/mol. The van der Waals surface area contributed by atoms with Crippen LogP contribution in [-0.4, -0.2) is 30.4 Å². The fraction of sp³-hybridized carbons (Fsp3) is 0.151. The SMILES string of the molecule is Brc1c[c-]ccc1.Brc1cccc(Br)c1.C1CCOC1.O=C(c1cccc(Br)c1)c1cccc(Br)c1.O=Cc1cccc(Br)c1.OC(c1cccc(Br)c1)c1cccc(Br)c1.[CH2-]CCC.[Li+].[Li+].[O]=[Mn]=[O]. The summed E-state index contributed by atoms with van der Waals surface area (Å²) in [6.45, 7) is 7.72. The molecular formula is C53H48Br8Li2MnO6. The van der Waals surface area contributed by atoms with Crippen LogP contribution < -0.4 is 37.7 Å². The van der Waals surface area contributed by atoms with Crippen LogP contribution in [0.3, 0.4) is 0 Å². The number of unbranched alkanes of at least 4 members (excludes halogenated alkanes) is 1. The van der Waals surface area contributed by atoms with Gasteiger partial charge >= 0.3 is 60.2 Å². The summed E-state index contributed by atoms with van der Waals surface area (Å²) < 4.78 is 29.7. The zero-order valence-corrected chi connectivity index (χ0v) is 52.5. The average molecular weight is 1490 g/mol. The minimum atomic E-state index is -1.44. The number of halogens is 8. The van der Waals surface area contributed by atoms with Gasteiger partial charge in [-0.25, -0.2) is 0 Å². The van der Waals surface area contributed by atoms with E-state index in [-0.39, 0.29) is 43.5 Å². The van der Waals surface area contributed by atoms with E-state index in [0.717, 1.165) is 72.8 Å². The number of aliphatic hydroxyl groups excluding tert-OH is 1. The second-order valence-electron chi connectivity index (χ2n) is 13.4. The summed E-state index contributed by atoms with van der Waals surface area (Å²) in [6.07, 6.45) is 5.07. The van der Waals surface area contributed by atoms with Gasteiger partial charge in [0.1, 0.15) is 12.4 Å². The van der Waals surface area contributed by atoms with Gasteiger partial charge in [-0.15, -0.1) is 15.9 Å². The summed E-state index contributed by atoms with van der Waals surface area (Å²) in [6, 6.07) is 55.9. The van der Waals surface area contributed by atoms with Gasteiger partial charge in [-0.3, -0.25) is 9.59 Å². The molecule has 0 aliphatic carbocycles. The van der Waals surface area contributed by atoms with Crippen LogP contribution in [0, 0.1) is 13.0 Å². The normalized spacial score (nSPS) is 10.2. The molecule has 1 heterocycles. The quantitative estimate of drug-likeness (QED) is 0.0771. The first kappa shape index (κ1) is 71.0. The van der Waals surface area contributed by atoms with E-state index in [1.54, 1.807) is 12.1 Å². The van der Waals surface area contributed by atoms with Gasteiger partial charge in [0.2, 0.25) is 0 Å². The molecule has 361 valence electrons. The van der Waals surface area contributed by atoms with Crippen molar-refractivity contribution in [2.24, 2.45) is 0 Å². The first-order chi connectivity index (χ1) is 32.7. The van der Waals surface area contributed by atoms with Crippen LogP contribution in [0.5, 0.6) is 0 Å². The van der Waals surface area contributed by atoms with Crippen molar-refractivity contribution in [1.82, 2.24) is 0 Å². The third kappa shape index (κ3) is 35.2. The van der Waals surface area contributed by atoms with Gasteiger partial charge in [-0.1, -0.05) is 196 Å². The van der Waals surface area contributed by atoms with E-state index >= 15 is 0 Å². The number of benzene rings is 7. The van der Waals surface area contributed by atoms with E-state index in [4.69, 9.17) is 12.4 Å². The molecule has 70 heavy (non-hydrogen) atoms. The summed E-state index contributed by atoms with van der Waals surface area (Å²) in [5, 5.41) is 10.2. The number of hydrogen-bond donors (Lipinski definition) is 1. The molecule has 0 aromatic heterocycles. The third-order valence-corrected chi connectivity index (χ3v) is 12.1. The number of rotatable bonds is 6. The Hall–Kier alpha value is -1.05. The van der Waals surface area contributed by atoms with E-state index in [1.165, 1.54) is 19.3 Å². The van der Waals surface area contributed by atoms with Crippen LogP contribution in [0.4, 0.5) is 0 Å².